The van der Waals surface area contributed by atoms with Crippen molar-refractivity contribution in [3.63, 3.8) is 0 Å². The minimum atomic E-state index is -4.90. The summed E-state index contributed by atoms with van der Waals surface area (Å²) in [5.41, 5.74) is -3.82. The van der Waals surface area contributed by atoms with E-state index in [1.807, 2.05) is 0 Å². The number of carbonyl (C=O) groups excluding carboxylic acids is 1. The molecule has 0 bridgehead atoms. The van der Waals surface area contributed by atoms with Gasteiger partial charge in [0.1, 0.15) is 5.60 Å². The molecule has 0 radical (unpaired) electrons. The van der Waals surface area contributed by atoms with E-state index in [2.05, 4.69) is 10.2 Å². The van der Waals surface area contributed by atoms with Gasteiger partial charge in [-0.1, -0.05) is 34.8 Å². The predicted molar refractivity (Wildman–Crippen MR) is 122 cm³/mol. The molecule has 3 N–H and O–H groups in total. The fourth-order valence-corrected chi connectivity index (χ4v) is 4.40. The Morgan fingerprint density at radius 3 is 2.16 bits per heavy atom. The van der Waals surface area contributed by atoms with Gasteiger partial charge in [-0.2, -0.15) is 13.2 Å². The minimum absolute atomic E-state index is 0.00138. The molecule has 1 atom stereocenters. The summed E-state index contributed by atoms with van der Waals surface area (Å²) in [5.74, 6) is 4.49. The summed E-state index contributed by atoms with van der Waals surface area (Å²) in [7, 11) is 0. The van der Waals surface area contributed by atoms with Crippen LogP contribution in [0.4, 0.5) is 23.7 Å². The maximum absolute atomic E-state index is 14.1. The van der Waals surface area contributed by atoms with Crippen molar-refractivity contribution in [3.05, 3.63) is 57.0 Å². The number of hydrogen-bond acceptors (Lipinski definition) is 5. The van der Waals surface area contributed by atoms with Crippen molar-refractivity contribution < 1.29 is 27.5 Å². The number of halogens is 6. The highest BCUT2D eigenvalue weighted by molar-refractivity contribution is 7.99. The van der Waals surface area contributed by atoms with Gasteiger partial charge in [-0.25, -0.2) is 10.7 Å². The van der Waals surface area contributed by atoms with Gasteiger partial charge in [0.2, 0.25) is 5.60 Å². The lowest BCUT2D eigenvalue weighted by atomic mass is 9.95. The maximum Gasteiger partial charge on any atom is 0.424 e. The maximum atomic E-state index is 14.1. The molecule has 0 saturated heterocycles. The lowest BCUT2D eigenvalue weighted by Gasteiger charge is -2.34. The highest BCUT2D eigenvalue weighted by Gasteiger charge is 2.58. The molecule has 0 fully saturated rings. The van der Waals surface area contributed by atoms with Crippen molar-refractivity contribution in [3.8, 4) is 0 Å². The third kappa shape index (κ3) is 6.82. The van der Waals surface area contributed by atoms with Gasteiger partial charge in [0.25, 0.3) is 0 Å². The highest BCUT2D eigenvalue weighted by Crippen LogP contribution is 2.46. The number of ether oxygens (including phenoxy) is 1. The van der Waals surface area contributed by atoms with Crippen LogP contribution in [0.1, 0.15) is 26.3 Å². The SMILES string of the molecule is CC(C)(C)OC(=O)Nc1cc(SCC(ON)(c2cc(Cl)cc(Cl)c2)C(F)(F)F)ccc1Cl. The first-order valence-corrected chi connectivity index (χ1v) is 11.1. The quantitative estimate of drug-likeness (QED) is 0.299. The van der Waals surface area contributed by atoms with Gasteiger partial charge in [-0.15, -0.1) is 11.8 Å². The Morgan fingerprint density at radius 2 is 1.66 bits per heavy atom. The second-order valence-electron chi connectivity index (χ2n) is 7.66. The van der Waals surface area contributed by atoms with Crippen LogP contribution in [0.2, 0.25) is 15.1 Å². The fourth-order valence-electron chi connectivity index (χ4n) is 2.57. The second-order valence-corrected chi connectivity index (χ2v) is 9.99. The Kier molecular flexibility index (Phi) is 8.63. The lowest BCUT2D eigenvalue weighted by Crippen LogP contribution is -2.49. The van der Waals surface area contributed by atoms with E-state index in [0.717, 1.165) is 23.9 Å². The molecular formula is C20H20Cl3F3N2O3S. The lowest BCUT2D eigenvalue weighted by molar-refractivity contribution is -0.277. The summed E-state index contributed by atoms with van der Waals surface area (Å²) in [6.45, 7) is 5.06. The van der Waals surface area contributed by atoms with Crippen molar-refractivity contribution in [2.75, 3.05) is 11.1 Å². The summed E-state index contributed by atoms with van der Waals surface area (Å²) in [5, 5.41) is 2.65. The molecule has 0 aliphatic carbocycles. The average Bonchev–Trinajstić information content (AvgIpc) is 2.61. The molecule has 176 valence electrons. The van der Waals surface area contributed by atoms with Crippen molar-refractivity contribution in [2.45, 2.75) is 43.0 Å². The number of amides is 1. The molecule has 0 aliphatic rings. The zero-order valence-electron chi connectivity index (χ0n) is 17.1. The highest BCUT2D eigenvalue weighted by atomic mass is 35.5. The smallest absolute Gasteiger partial charge is 0.424 e. The Morgan fingerprint density at radius 1 is 1.06 bits per heavy atom. The molecule has 0 aliphatic heterocycles. The Labute approximate surface area is 202 Å². The number of alkyl halides is 3. The van der Waals surface area contributed by atoms with E-state index in [1.54, 1.807) is 20.8 Å². The van der Waals surface area contributed by atoms with Gasteiger partial charge in [0, 0.05) is 20.7 Å². The van der Waals surface area contributed by atoms with Crippen LogP contribution in [0.25, 0.3) is 0 Å². The van der Waals surface area contributed by atoms with E-state index in [0.29, 0.717) is 4.90 Å². The van der Waals surface area contributed by atoms with E-state index in [1.165, 1.54) is 24.3 Å². The molecule has 2 aromatic rings. The van der Waals surface area contributed by atoms with Gasteiger partial charge in [-0.3, -0.25) is 10.2 Å². The van der Waals surface area contributed by atoms with E-state index in [9.17, 15) is 18.0 Å². The monoisotopic (exact) mass is 530 g/mol. The average molecular weight is 532 g/mol. The molecule has 0 heterocycles. The number of anilines is 1. The number of benzene rings is 2. The standard InChI is InChI=1S/C20H20Cl3F3N2O3S/c1-18(2,3)30-17(29)28-16-9-14(4-5-15(16)23)32-10-19(31-27,20(24,25)26)11-6-12(21)8-13(22)7-11/h4-9H,10,27H2,1-3H3,(H,28,29). The van der Waals surface area contributed by atoms with Crippen molar-refractivity contribution >= 4 is 58.3 Å². The number of rotatable bonds is 6. The number of hydrogen-bond donors (Lipinski definition) is 2. The van der Waals surface area contributed by atoms with E-state index in [-0.39, 0.29) is 26.3 Å². The van der Waals surface area contributed by atoms with E-state index >= 15 is 0 Å². The molecule has 0 spiro atoms. The summed E-state index contributed by atoms with van der Waals surface area (Å²) in [6, 6.07) is 7.82. The van der Waals surface area contributed by atoms with E-state index < -0.39 is 29.2 Å². The van der Waals surface area contributed by atoms with Gasteiger partial charge >= 0.3 is 12.3 Å². The van der Waals surface area contributed by atoms with Gasteiger partial charge in [0.15, 0.2) is 0 Å². The fraction of sp³-hybridized carbons (Fsp3) is 0.350. The third-order valence-electron chi connectivity index (χ3n) is 4.00. The largest absolute Gasteiger partial charge is 0.444 e. The zero-order valence-corrected chi connectivity index (χ0v) is 20.2. The predicted octanol–water partition coefficient (Wildman–Crippen LogP) is 7.43. The van der Waals surface area contributed by atoms with Crippen LogP contribution >= 0.6 is 46.6 Å². The van der Waals surface area contributed by atoms with Crippen LogP contribution in [0.3, 0.4) is 0 Å². The normalized spacial score (nSPS) is 14.1. The first kappa shape index (κ1) is 26.9. The van der Waals surface area contributed by atoms with Gasteiger partial charge < -0.3 is 4.74 Å². The Hall–Kier alpha value is -1.36. The summed E-state index contributed by atoms with van der Waals surface area (Å²) in [6.07, 6.45) is -5.66. The van der Waals surface area contributed by atoms with Crippen LogP contribution in [-0.4, -0.2) is 23.6 Å². The minimum Gasteiger partial charge on any atom is -0.444 e. The van der Waals surface area contributed by atoms with Crippen molar-refractivity contribution in [1.29, 1.82) is 0 Å². The first-order valence-electron chi connectivity index (χ1n) is 9.00. The van der Waals surface area contributed by atoms with Gasteiger partial charge in [0.05, 0.1) is 10.7 Å². The Balaban J connectivity index is 2.33. The molecule has 12 heteroatoms. The topological polar surface area (TPSA) is 73.6 Å². The molecule has 0 saturated carbocycles. The van der Waals surface area contributed by atoms with Crippen LogP contribution in [0.5, 0.6) is 0 Å². The molecule has 2 rings (SSSR count). The van der Waals surface area contributed by atoms with Crippen molar-refractivity contribution in [1.82, 2.24) is 0 Å². The summed E-state index contributed by atoms with van der Waals surface area (Å²) < 4.78 is 47.5. The first-order chi connectivity index (χ1) is 14.7. The third-order valence-corrected chi connectivity index (χ3v) is 5.91. The second kappa shape index (κ2) is 10.3. The molecule has 5 nitrogen and oxygen atoms in total. The Bertz CT molecular complexity index is 967. The number of nitrogens with two attached hydrogens (primary N) is 1. The van der Waals surface area contributed by atoms with E-state index in [4.69, 9.17) is 45.4 Å². The molecular weight excluding hydrogens is 512 g/mol. The summed E-state index contributed by atoms with van der Waals surface area (Å²) in [4.78, 5) is 16.9. The van der Waals surface area contributed by atoms with Crippen LogP contribution in [-0.2, 0) is 15.2 Å². The van der Waals surface area contributed by atoms with Crippen LogP contribution < -0.4 is 11.2 Å². The molecule has 0 aromatic heterocycles. The molecule has 1 unspecified atom stereocenters. The van der Waals surface area contributed by atoms with Gasteiger partial charge in [-0.05, 0) is 62.7 Å². The molecule has 1 amide bonds. The van der Waals surface area contributed by atoms with Crippen LogP contribution in [0, 0.1) is 0 Å². The van der Waals surface area contributed by atoms with Crippen molar-refractivity contribution in [2.24, 2.45) is 5.90 Å². The number of thioether (sulfide) groups is 1. The number of carbonyl (C=O) groups is 1. The number of nitrogens with one attached hydrogen (secondary N) is 1. The summed E-state index contributed by atoms with van der Waals surface area (Å²) >= 11 is 18.7. The molecule has 32 heavy (non-hydrogen) atoms. The molecule has 2 aromatic carbocycles. The van der Waals surface area contributed by atoms with Crippen LogP contribution in [0.15, 0.2) is 41.3 Å². The zero-order chi connectivity index (χ0) is 24.3.